The Balaban J connectivity index is 2.19. The van der Waals surface area contributed by atoms with Gasteiger partial charge in [0.2, 0.25) is 0 Å². The zero-order chi connectivity index (χ0) is 13.1. The molecule has 0 bridgehead atoms. The van der Waals surface area contributed by atoms with E-state index in [4.69, 9.17) is 0 Å². The number of hydrogen-bond donors (Lipinski definition) is 1. The third-order valence-corrected chi connectivity index (χ3v) is 2.83. The molecule has 0 spiro atoms. The number of aromatic nitrogens is 1. The first kappa shape index (κ1) is 11.3. The second-order valence-electron chi connectivity index (χ2n) is 4.07. The number of carbonyl (C=O) groups excluding carboxylic acids is 1. The maximum atomic E-state index is 10.9. The summed E-state index contributed by atoms with van der Waals surface area (Å²) < 4.78 is 0. The first-order valence-corrected chi connectivity index (χ1v) is 5.89. The van der Waals surface area contributed by atoms with E-state index in [9.17, 15) is 4.79 Å². The first-order valence-electron chi connectivity index (χ1n) is 5.89. The lowest BCUT2D eigenvalue weighted by atomic mass is 10.0. The van der Waals surface area contributed by atoms with Gasteiger partial charge in [0.05, 0.1) is 23.3 Å². The molecule has 0 aliphatic carbocycles. The summed E-state index contributed by atoms with van der Waals surface area (Å²) in [4.78, 5) is 19.7. The number of allylic oxidation sites excluding steroid dienone is 1. The molecule has 1 aliphatic heterocycles. The van der Waals surface area contributed by atoms with Crippen LogP contribution in [-0.2, 0) is 4.79 Å². The maximum Gasteiger partial charge on any atom is 0.167 e. The third-order valence-electron chi connectivity index (χ3n) is 2.83. The zero-order valence-corrected chi connectivity index (χ0v) is 10.1. The molecule has 2 aromatic rings. The average Bonchev–Trinajstić information content (AvgIpc) is 2.67. The molecule has 1 aromatic carbocycles. The van der Waals surface area contributed by atoms with E-state index in [-0.39, 0.29) is 0 Å². The number of para-hydroxylation sites is 1. The molecule has 0 radical (unpaired) electrons. The molecule has 1 N–H and O–H groups in total. The van der Waals surface area contributed by atoms with Crippen molar-refractivity contribution < 1.29 is 4.79 Å². The Morgan fingerprint density at radius 2 is 1.89 bits per heavy atom. The summed E-state index contributed by atoms with van der Waals surface area (Å²) in [6.07, 6.45) is 4.00. The minimum atomic E-state index is 0.429. The number of aliphatic imine (C=N–C) groups is 1. The van der Waals surface area contributed by atoms with Gasteiger partial charge in [-0.3, -0.25) is 14.8 Å². The highest BCUT2D eigenvalue weighted by Crippen LogP contribution is 2.23. The van der Waals surface area contributed by atoms with E-state index in [1.807, 2.05) is 42.5 Å². The summed E-state index contributed by atoms with van der Waals surface area (Å²) in [5, 5.41) is 3.06. The molecule has 4 heteroatoms. The van der Waals surface area contributed by atoms with Crippen molar-refractivity contribution in [3.63, 3.8) is 0 Å². The van der Waals surface area contributed by atoms with Crippen LogP contribution in [0.5, 0.6) is 0 Å². The van der Waals surface area contributed by atoms with Gasteiger partial charge in [0.1, 0.15) is 0 Å². The Bertz CT molecular complexity index is 675. The monoisotopic (exact) mass is 249 g/mol. The zero-order valence-electron chi connectivity index (χ0n) is 10.1. The number of benzene rings is 1. The molecule has 19 heavy (non-hydrogen) atoms. The second-order valence-corrected chi connectivity index (χ2v) is 4.07. The molecule has 0 saturated heterocycles. The van der Waals surface area contributed by atoms with Crippen LogP contribution >= 0.6 is 0 Å². The molecule has 0 amide bonds. The summed E-state index contributed by atoms with van der Waals surface area (Å²) in [6, 6.07) is 13.4. The number of hydrogen-bond acceptors (Lipinski definition) is 4. The predicted octanol–water partition coefficient (Wildman–Crippen LogP) is 2.38. The quantitative estimate of drug-likeness (QED) is 0.831. The van der Waals surface area contributed by atoms with Gasteiger partial charge in [-0.1, -0.05) is 24.3 Å². The lowest BCUT2D eigenvalue weighted by Crippen LogP contribution is -2.07. The van der Waals surface area contributed by atoms with Crippen molar-refractivity contribution in [2.45, 2.75) is 0 Å². The summed E-state index contributed by atoms with van der Waals surface area (Å²) in [5.41, 5.74) is 3.73. The smallest absolute Gasteiger partial charge is 0.167 e. The number of nitrogens with zero attached hydrogens (tertiary/aromatic N) is 2. The van der Waals surface area contributed by atoms with Gasteiger partial charge in [-0.15, -0.1) is 0 Å². The van der Waals surface area contributed by atoms with Crippen molar-refractivity contribution in [3.8, 4) is 0 Å². The summed E-state index contributed by atoms with van der Waals surface area (Å²) in [7, 11) is 0. The highest BCUT2D eigenvalue weighted by atomic mass is 16.1. The van der Waals surface area contributed by atoms with Crippen LogP contribution in [0.25, 0.3) is 0 Å². The maximum absolute atomic E-state index is 10.9. The molecule has 4 nitrogen and oxygen atoms in total. The molecule has 0 atom stereocenters. The van der Waals surface area contributed by atoms with Crippen LogP contribution < -0.4 is 5.32 Å². The number of anilines is 1. The number of nitrogens with one attached hydrogen (secondary N) is 1. The Kier molecular flexibility index (Phi) is 2.90. The predicted molar refractivity (Wildman–Crippen MR) is 74.1 cm³/mol. The van der Waals surface area contributed by atoms with E-state index < -0.39 is 0 Å². The molecule has 2 heterocycles. The molecule has 0 unspecified atom stereocenters. The molecular formula is C15H11N3O. The summed E-state index contributed by atoms with van der Waals surface area (Å²) >= 11 is 0. The average molecular weight is 249 g/mol. The fourth-order valence-electron chi connectivity index (χ4n) is 1.96. The molecule has 1 aromatic heterocycles. The second kappa shape index (κ2) is 4.86. The largest absolute Gasteiger partial charge is 0.351 e. The van der Waals surface area contributed by atoms with Crippen LogP contribution in [0.4, 0.5) is 5.69 Å². The van der Waals surface area contributed by atoms with Gasteiger partial charge >= 0.3 is 0 Å². The van der Waals surface area contributed by atoms with E-state index in [1.165, 1.54) is 6.20 Å². The number of fused-ring (bicyclic) bond motifs is 1. The van der Waals surface area contributed by atoms with E-state index in [2.05, 4.69) is 15.3 Å². The Morgan fingerprint density at radius 3 is 2.68 bits per heavy atom. The first-order chi connectivity index (χ1) is 9.38. The molecule has 92 valence electrons. The van der Waals surface area contributed by atoms with E-state index in [0.717, 1.165) is 28.9 Å². The van der Waals surface area contributed by atoms with Gasteiger partial charge in [-0.25, -0.2) is 0 Å². The van der Waals surface area contributed by atoms with Crippen molar-refractivity contribution in [2.75, 3.05) is 5.32 Å². The number of rotatable bonds is 2. The standard InChI is InChI=1S/C15H11N3O/c19-10-11-9-17-15(14-7-3-4-8-16-14)12-5-1-2-6-13(12)18-11/h1-10,18H. The van der Waals surface area contributed by atoms with Gasteiger partial charge in [0, 0.05) is 17.4 Å². The van der Waals surface area contributed by atoms with Crippen LogP contribution in [0.15, 0.2) is 65.6 Å². The summed E-state index contributed by atoms with van der Waals surface area (Å²) in [6.45, 7) is 0. The van der Waals surface area contributed by atoms with Crippen molar-refractivity contribution >= 4 is 17.7 Å². The topological polar surface area (TPSA) is 54.4 Å². The number of pyridine rings is 1. The van der Waals surface area contributed by atoms with Crippen molar-refractivity contribution in [3.05, 3.63) is 71.8 Å². The van der Waals surface area contributed by atoms with E-state index in [1.54, 1.807) is 6.20 Å². The van der Waals surface area contributed by atoms with Crippen molar-refractivity contribution in [2.24, 2.45) is 4.99 Å². The normalized spacial score (nSPS) is 13.5. The van der Waals surface area contributed by atoms with Crippen molar-refractivity contribution in [1.82, 2.24) is 4.98 Å². The van der Waals surface area contributed by atoms with Crippen LogP contribution in [0, 0.1) is 0 Å². The molecular weight excluding hydrogens is 238 g/mol. The van der Waals surface area contributed by atoms with Gasteiger partial charge < -0.3 is 5.32 Å². The third kappa shape index (κ3) is 2.15. The van der Waals surface area contributed by atoms with Gasteiger partial charge in [0.25, 0.3) is 0 Å². The van der Waals surface area contributed by atoms with Crippen LogP contribution in [0.2, 0.25) is 0 Å². The Labute approximate surface area is 110 Å². The van der Waals surface area contributed by atoms with E-state index >= 15 is 0 Å². The van der Waals surface area contributed by atoms with Gasteiger partial charge in [0.15, 0.2) is 6.29 Å². The summed E-state index contributed by atoms with van der Waals surface area (Å²) in [5.74, 6) is 0. The van der Waals surface area contributed by atoms with Gasteiger partial charge in [-0.05, 0) is 18.2 Å². The van der Waals surface area contributed by atoms with Crippen molar-refractivity contribution in [1.29, 1.82) is 0 Å². The minimum Gasteiger partial charge on any atom is -0.351 e. The molecule has 0 saturated carbocycles. The van der Waals surface area contributed by atoms with Crippen LogP contribution in [0.3, 0.4) is 0 Å². The Hall–Kier alpha value is -2.75. The fourth-order valence-corrected chi connectivity index (χ4v) is 1.96. The molecule has 3 rings (SSSR count). The molecule has 1 aliphatic rings. The van der Waals surface area contributed by atoms with Crippen LogP contribution in [0.1, 0.15) is 11.3 Å². The SMILES string of the molecule is O=CC1=CN=C(c2ccccn2)c2ccccc2N1. The highest BCUT2D eigenvalue weighted by Gasteiger charge is 2.15. The highest BCUT2D eigenvalue weighted by molar-refractivity contribution is 6.16. The van der Waals surface area contributed by atoms with Crippen LogP contribution in [-0.4, -0.2) is 17.0 Å². The lowest BCUT2D eigenvalue weighted by Gasteiger charge is -2.09. The fraction of sp³-hybridized carbons (Fsp3) is 0. The lowest BCUT2D eigenvalue weighted by molar-refractivity contribution is -0.104. The number of carbonyl (C=O) groups is 1. The minimum absolute atomic E-state index is 0.429. The van der Waals surface area contributed by atoms with E-state index in [0.29, 0.717) is 5.70 Å². The Morgan fingerprint density at radius 1 is 1.05 bits per heavy atom. The molecule has 0 fully saturated rings. The van der Waals surface area contributed by atoms with Gasteiger partial charge in [-0.2, -0.15) is 0 Å². The number of aldehydes is 1.